The summed E-state index contributed by atoms with van der Waals surface area (Å²) in [5, 5.41) is 6.45. The number of halogens is 1. The smallest absolute Gasteiger partial charge is 0.323 e. The molecule has 0 spiro atoms. The molecule has 0 aliphatic heterocycles. The van der Waals surface area contributed by atoms with Crippen LogP contribution < -0.4 is 20.1 Å². The summed E-state index contributed by atoms with van der Waals surface area (Å²) in [6, 6.07) is 5.53. The molecule has 0 fully saturated rings. The van der Waals surface area contributed by atoms with Crippen LogP contribution in [0.5, 0.6) is 11.8 Å². The first-order valence-electron chi connectivity index (χ1n) is 6.33. The fourth-order valence-electron chi connectivity index (χ4n) is 1.58. The Morgan fingerprint density at radius 1 is 1.19 bits per heavy atom. The van der Waals surface area contributed by atoms with Crippen molar-refractivity contribution in [2.75, 3.05) is 31.4 Å². The lowest BCUT2D eigenvalue weighted by atomic mass is 10.3. The first-order chi connectivity index (χ1) is 10.2. The summed E-state index contributed by atoms with van der Waals surface area (Å²) in [6.07, 6.45) is 0. The lowest BCUT2D eigenvalue weighted by Crippen LogP contribution is -2.07. The highest BCUT2D eigenvalue weighted by Gasteiger charge is 2.08. The van der Waals surface area contributed by atoms with E-state index in [-0.39, 0.29) is 6.01 Å². The normalized spacial score (nSPS) is 10.1. The number of aromatic nitrogens is 3. The number of nitrogens with one attached hydrogen (secondary N) is 2. The summed E-state index contributed by atoms with van der Waals surface area (Å²) < 4.78 is 10.5. The molecule has 0 unspecified atom stereocenters. The largest absolute Gasteiger partial charge is 0.495 e. The zero-order chi connectivity index (χ0) is 15.2. The van der Waals surface area contributed by atoms with E-state index in [1.165, 1.54) is 0 Å². The van der Waals surface area contributed by atoms with E-state index in [2.05, 4.69) is 25.6 Å². The van der Waals surface area contributed by atoms with Gasteiger partial charge in [0, 0.05) is 18.8 Å². The van der Waals surface area contributed by atoms with Crippen molar-refractivity contribution in [3.05, 3.63) is 23.2 Å². The maximum absolute atomic E-state index is 5.99. The minimum Gasteiger partial charge on any atom is -0.495 e. The Morgan fingerprint density at radius 3 is 2.62 bits per heavy atom. The van der Waals surface area contributed by atoms with Crippen molar-refractivity contribution in [2.45, 2.75) is 6.92 Å². The van der Waals surface area contributed by atoms with Crippen LogP contribution in [0.4, 0.5) is 17.6 Å². The third kappa shape index (κ3) is 3.85. The van der Waals surface area contributed by atoms with Gasteiger partial charge in [-0.25, -0.2) is 0 Å². The number of benzene rings is 1. The summed E-state index contributed by atoms with van der Waals surface area (Å²) in [5.41, 5.74) is 0.743. The van der Waals surface area contributed by atoms with E-state index >= 15 is 0 Å². The lowest BCUT2D eigenvalue weighted by Gasteiger charge is -2.10. The van der Waals surface area contributed by atoms with Crippen molar-refractivity contribution in [2.24, 2.45) is 0 Å². The molecule has 112 valence electrons. The molecule has 2 rings (SSSR count). The molecule has 0 radical (unpaired) electrons. The number of nitrogens with zero attached hydrogens (tertiary/aromatic N) is 3. The Balaban J connectivity index is 2.27. The van der Waals surface area contributed by atoms with Gasteiger partial charge in [-0.05, 0) is 19.1 Å². The second kappa shape index (κ2) is 6.94. The van der Waals surface area contributed by atoms with Crippen LogP contribution in [-0.4, -0.2) is 35.7 Å². The predicted molar refractivity (Wildman–Crippen MR) is 81.8 cm³/mol. The van der Waals surface area contributed by atoms with Crippen molar-refractivity contribution < 1.29 is 9.47 Å². The van der Waals surface area contributed by atoms with Crippen LogP contribution in [0, 0.1) is 0 Å². The molecule has 1 aromatic carbocycles. The second-order valence-electron chi connectivity index (χ2n) is 3.92. The Labute approximate surface area is 127 Å². The highest BCUT2D eigenvalue weighted by Crippen LogP contribution is 2.28. The van der Waals surface area contributed by atoms with Crippen LogP contribution in [0.25, 0.3) is 0 Å². The van der Waals surface area contributed by atoms with Crippen LogP contribution >= 0.6 is 11.6 Å². The lowest BCUT2D eigenvalue weighted by molar-refractivity contribution is 0.312. The fourth-order valence-corrected chi connectivity index (χ4v) is 1.78. The first kappa shape index (κ1) is 15.1. The van der Waals surface area contributed by atoms with Crippen LogP contribution in [-0.2, 0) is 0 Å². The van der Waals surface area contributed by atoms with Gasteiger partial charge in [0.2, 0.25) is 11.9 Å². The molecule has 0 saturated heterocycles. The van der Waals surface area contributed by atoms with Gasteiger partial charge in [0.15, 0.2) is 0 Å². The van der Waals surface area contributed by atoms with Gasteiger partial charge in [-0.2, -0.15) is 15.0 Å². The van der Waals surface area contributed by atoms with E-state index in [4.69, 9.17) is 21.1 Å². The summed E-state index contributed by atoms with van der Waals surface area (Å²) in [4.78, 5) is 12.5. The summed E-state index contributed by atoms with van der Waals surface area (Å²) >= 11 is 5.99. The van der Waals surface area contributed by atoms with E-state index in [1.54, 1.807) is 32.4 Å². The van der Waals surface area contributed by atoms with Crippen molar-refractivity contribution in [1.82, 2.24) is 15.0 Å². The second-order valence-corrected chi connectivity index (χ2v) is 4.33. The van der Waals surface area contributed by atoms with Gasteiger partial charge in [-0.1, -0.05) is 11.6 Å². The zero-order valence-electron chi connectivity index (χ0n) is 12.0. The molecule has 8 heteroatoms. The molecule has 21 heavy (non-hydrogen) atoms. The quantitative estimate of drug-likeness (QED) is 0.849. The van der Waals surface area contributed by atoms with Gasteiger partial charge in [0.1, 0.15) is 5.75 Å². The van der Waals surface area contributed by atoms with Crippen LogP contribution in [0.1, 0.15) is 6.92 Å². The van der Waals surface area contributed by atoms with Crippen molar-refractivity contribution in [3.63, 3.8) is 0 Å². The molecule has 0 aliphatic carbocycles. The maximum atomic E-state index is 5.99. The topological polar surface area (TPSA) is 81.2 Å². The Bertz CT molecular complexity index is 624. The zero-order valence-corrected chi connectivity index (χ0v) is 12.7. The average molecular weight is 310 g/mol. The number of rotatable bonds is 6. The third-order valence-corrected chi connectivity index (χ3v) is 2.83. The van der Waals surface area contributed by atoms with Crippen molar-refractivity contribution in [3.8, 4) is 11.8 Å². The minimum absolute atomic E-state index is 0.250. The number of ether oxygens (including phenoxy) is 2. The summed E-state index contributed by atoms with van der Waals surface area (Å²) in [6.45, 7) is 2.33. The molecular weight excluding hydrogens is 294 g/mol. The van der Waals surface area contributed by atoms with Crippen LogP contribution in [0.15, 0.2) is 18.2 Å². The van der Waals surface area contributed by atoms with Gasteiger partial charge < -0.3 is 20.1 Å². The molecule has 0 atom stereocenters. The number of hydrogen-bond donors (Lipinski definition) is 2. The SMILES string of the molecule is CCOc1nc(NC)nc(Nc2ccc(Cl)c(OC)c2)n1. The van der Waals surface area contributed by atoms with Crippen LogP contribution in [0.3, 0.4) is 0 Å². The fraction of sp³-hybridized carbons (Fsp3) is 0.308. The Morgan fingerprint density at radius 2 is 1.95 bits per heavy atom. The van der Waals surface area contributed by atoms with Crippen molar-refractivity contribution in [1.29, 1.82) is 0 Å². The van der Waals surface area contributed by atoms with Crippen LogP contribution in [0.2, 0.25) is 5.02 Å². The molecular formula is C13H16ClN5O2. The molecule has 2 N–H and O–H groups in total. The number of hydrogen-bond acceptors (Lipinski definition) is 7. The molecule has 0 amide bonds. The van der Waals surface area contributed by atoms with E-state index in [0.29, 0.717) is 29.3 Å². The number of methoxy groups -OCH3 is 1. The highest BCUT2D eigenvalue weighted by molar-refractivity contribution is 6.32. The standard InChI is InChI=1S/C13H16ClN5O2/c1-4-21-13-18-11(15-2)17-12(19-13)16-8-5-6-9(14)10(7-8)20-3/h5-7H,4H2,1-3H3,(H2,15,16,17,18,19). The summed E-state index contributed by atoms with van der Waals surface area (Å²) in [7, 11) is 3.28. The van der Waals surface area contributed by atoms with Gasteiger partial charge in [0.05, 0.1) is 18.7 Å². The summed E-state index contributed by atoms with van der Waals surface area (Å²) in [5.74, 6) is 1.34. The highest BCUT2D eigenvalue weighted by atomic mass is 35.5. The Kier molecular flexibility index (Phi) is 4.99. The minimum atomic E-state index is 0.250. The van der Waals surface area contributed by atoms with Gasteiger partial charge in [-0.3, -0.25) is 0 Å². The first-order valence-corrected chi connectivity index (χ1v) is 6.71. The maximum Gasteiger partial charge on any atom is 0.323 e. The number of anilines is 3. The van der Waals surface area contributed by atoms with E-state index in [1.807, 2.05) is 6.92 Å². The predicted octanol–water partition coefficient (Wildman–Crippen LogP) is 2.72. The molecule has 0 saturated carbocycles. The molecule has 2 aromatic rings. The monoisotopic (exact) mass is 309 g/mol. The van der Waals surface area contributed by atoms with Gasteiger partial charge in [0.25, 0.3) is 0 Å². The van der Waals surface area contributed by atoms with E-state index < -0.39 is 0 Å². The molecule has 1 heterocycles. The van der Waals surface area contributed by atoms with Gasteiger partial charge in [-0.15, -0.1) is 0 Å². The molecule has 1 aromatic heterocycles. The molecule has 7 nitrogen and oxygen atoms in total. The Hall–Kier alpha value is -2.28. The van der Waals surface area contributed by atoms with Crippen molar-refractivity contribution >= 4 is 29.2 Å². The van der Waals surface area contributed by atoms with Gasteiger partial charge >= 0.3 is 6.01 Å². The van der Waals surface area contributed by atoms with E-state index in [9.17, 15) is 0 Å². The average Bonchev–Trinajstić information content (AvgIpc) is 2.49. The van der Waals surface area contributed by atoms with E-state index in [0.717, 1.165) is 5.69 Å². The third-order valence-electron chi connectivity index (χ3n) is 2.52. The molecule has 0 aliphatic rings. The molecule has 0 bridgehead atoms.